The molecule has 2 aliphatic rings. The maximum atomic E-state index is 12.3. The van der Waals surface area contributed by atoms with E-state index in [1.165, 1.54) is 0 Å². The Hall–Kier alpha value is -2.90. The van der Waals surface area contributed by atoms with E-state index in [2.05, 4.69) is 35.2 Å². The summed E-state index contributed by atoms with van der Waals surface area (Å²) < 4.78 is 13.2. The predicted octanol–water partition coefficient (Wildman–Crippen LogP) is 4.54. The highest BCUT2D eigenvalue weighted by atomic mass is 16.6. The average Bonchev–Trinajstić information content (AvgIpc) is 3.14. The van der Waals surface area contributed by atoms with Crippen molar-refractivity contribution in [3.8, 4) is 11.4 Å². The molecule has 2 fully saturated rings. The minimum absolute atomic E-state index is 0.164. The van der Waals surface area contributed by atoms with E-state index in [1.54, 1.807) is 4.90 Å². The highest BCUT2D eigenvalue weighted by Gasteiger charge is 2.43. The second kappa shape index (κ2) is 7.11. The number of carbonyl (C=O) groups is 1. The Morgan fingerprint density at radius 2 is 2.03 bits per heavy atom. The van der Waals surface area contributed by atoms with Crippen molar-refractivity contribution >= 4 is 17.0 Å². The highest BCUT2D eigenvalue weighted by Crippen LogP contribution is 2.39. The Kier molecular flexibility index (Phi) is 4.52. The van der Waals surface area contributed by atoms with Crippen LogP contribution >= 0.6 is 0 Å². The number of amides is 1. The van der Waals surface area contributed by atoms with Crippen LogP contribution in [-0.4, -0.2) is 49.6 Å². The molecule has 1 amide bonds. The van der Waals surface area contributed by atoms with Gasteiger partial charge in [0.05, 0.1) is 11.7 Å². The van der Waals surface area contributed by atoms with E-state index in [0.717, 1.165) is 42.1 Å². The van der Waals surface area contributed by atoms with Crippen LogP contribution in [0.5, 0.6) is 0 Å². The number of hydrogen-bond acceptors (Lipinski definition) is 6. The maximum absolute atomic E-state index is 12.3. The van der Waals surface area contributed by atoms with Gasteiger partial charge in [-0.2, -0.15) is 10.1 Å². The normalized spacial score (nSPS) is 18.9. The SMILES string of the molecule is CC(C)n1ncc2ccc(-c3noc(C4CCN(C(=O)OC5(C)CC5)CC4)n3)cc21. The Balaban J connectivity index is 1.27. The quantitative estimate of drug-likeness (QED) is 0.629. The van der Waals surface area contributed by atoms with Gasteiger partial charge in [-0.15, -0.1) is 0 Å². The van der Waals surface area contributed by atoms with E-state index in [4.69, 9.17) is 9.26 Å². The molecule has 8 nitrogen and oxygen atoms in total. The molecule has 2 aromatic heterocycles. The zero-order chi connectivity index (χ0) is 20.9. The van der Waals surface area contributed by atoms with Crippen LogP contribution in [0.15, 0.2) is 28.9 Å². The van der Waals surface area contributed by atoms with Crippen molar-refractivity contribution in [2.75, 3.05) is 13.1 Å². The first-order chi connectivity index (χ1) is 14.4. The third-order valence-corrected chi connectivity index (χ3v) is 6.18. The van der Waals surface area contributed by atoms with Gasteiger partial charge < -0.3 is 14.2 Å². The third-order valence-electron chi connectivity index (χ3n) is 6.18. The fraction of sp³-hybridized carbons (Fsp3) is 0.545. The number of hydrogen-bond donors (Lipinski definition) is 0. The fourth-order valence-electron chi connectivity index (χ4n) is 3.97. The van der Waals surface area contributed by atoms with Crippen molar-refractivity contribution in [3.63, 3.8) is 0 Å². The lowest BCUT2D eigenvalue weighted by atomic mass is 9.97. The Labute approximate surface area is 175 Å². The molecule has 30 heavy (non-hydrogen) atoms. The lowest BCUT2D eigenvalue weighted by Crippen LogP contribution is -2.39. The highest BCUT2D eigenvalue weighted by molar-refractivity contribution is 5.83. The number of fused-ring (bicyclic) bond motifs is 1. The molecule has 3 heterocycles. The molecular formula is C22H27N5O3. The third kappa shape index (κ3) is 3.55. The molecule has 1 aliphatic heterocycles. The van der Waals surface area contributed by atoms with Crippen LogP contribution < -0.4 is 0 Å². The van der Waals surface area contributed by atoms with Crippen molar-refractivity contribution in [1.29, 1.82) is 0 Å². The molecule has 1 saturated heterocycles. The Morgan fingerprint density at radius 1 is 1.27 bits per heavy atom. The summed E-state index contributed by atoms with van der Waals surface area (Å²) in [4.78, 5) is 18.7. The largest absolute Gasteiger partial charge is 0.443 e. The molecule has 5 rings (SSSR count). The van der Waals surface area contributed by atoms with Gasteiger partial charge in [0.25, 0.3) is 0 Å². The lowest BCUT2D eigenvalue weighted by Gasteiger charge is -2.30. The number of carbonyl (C=O) groups excluding carboxylic acids is 1. The van der Waals surface area contributed by atoms with Crippen LogP contribution in [0.2, 0.25) is 0 Å². The molecule has 158 valence electrons. The predicted molar refractivity (Wildman–Crippen MR) is 111 cm³/mol. The van der Waals surface area contributed by atoms with Crippen molar-refractivity contribution in [1.82, 2.24) is 24.8 Å². The lowest BCUT2D eigenvalue weighted by molar-refractivity contribution is 0.0510. The van der Waals surface area contributed by atoms with Crippen LogP contribution in [0.4, 0.5) is 4.79 Å². The van der Waals surface area contributed by atoms with Crippen LogP contribution in [0.1, 0.15) is 64.3 Å². The summed E-state index contributed by atoms with van der Waals surface area (Å²) in [6.07, 6.45) is 5.20. The second-order valence-corrected chi connectivity index (χ2v) is 8.99. The van der Waals surface area contributed by atoms with Gasteiger partial charge in [0.2, 0.25) is 11.7 Å². The molecule has 8 heteroatoms. The summed E-state index contributed by atoms with van der Waals surface area (Å²) in [6, 6.07) is 6.38. The number of ether oxygens (including phenoxy) is 1. The van der Waals surface area contributed by atoms with E-state index in [0.29, 0.717) is 24.8 Å². The number of piperidine rings is 1. The van der Waals surface area contributed by atoms with Crippen molar-refractivity contribution in [3.05, 3.63) is 30.3 Å². The summed E-state index contributed by atoms with van der Waals surface area (Å²) in [6.45, 7) is 7.51. The van der Waals surface area contributed by atoms with Crippen LogP contribution in [0.25, 0.3) is 22.3 Å². The number of likely N-dealkylation sites (tertiary alicyclic amines) is 1. The van der Waals surface area contributed by atoms with Gasteiger partial charge >= 0.3 is 6.09 Å². The smallest absolute Gasteiger partial charge is 0.410 e. The summed E-state index contributed by atoms with van der Waals surface area (Å²) in [5.74, 6) is 1.40. The topological polar surface area (TPSA) is 86.3 Å². The van der Waals surface area contributed by atoms with Crippen LogP contribution in [-0.2, 0) is 4.74 Å². The fourth-order valence-corrected chi connectivity index (χ4v) is 3.97. The summed E-state index contributed by atoms with van der Waals surface area (Å²) in [5.41, 5.74) is 1.74. The molecule has 3 aromatic rings. The van der Waals surface area contributed by atoms with Gasteiger partial charge in [0.15, 0.2) is 0 Å². The Bertz CT molecular complexity index is 1070. The average molecular weight is 409 g/mol. The molecule has 0 atom stereocenters. The molecular weight excluding hydrogens is 382 g/mol. The molecule has 0 spiro atoms. The van der Waals surface area contributed by atoms with Gasteiger partial charge in [-0.3, -0.25) is 4.68 Å². The van der Waals surface area contributed by atoms with Crippen molar-refractivity contribution in [2.24, 2.45) is 0 Å². The number of nitrogens with zero attached hydrogens (tertiary/aromatic N) is 5. The standard InChI is InChI=1S/C22H27N5O3/c1-14(2)27-18-12-16(4-5-17(18)13-23-27)19-24-20(30-25-19)15-6-10-26(11-7-15)21(28)29-22(3)8-9-22/h4-5,12-15H,6-11H2,1-3H3. The summed E-state index contributed by atoms with van der Waals surface area (Å²) >= 11 is 0. The van der Waals surface area contributed by atoms with E-state index in [1.807, 2.05) is 29.9 Å². The van der Waals surface area contributed by atoms with Gasteiger partial charge in [-0.25, -0.2) is 4.79 Å². The summed E-state index contributed by atoms with van der Waals surface area (Å²) in [5, 5.41) is 9.78. The maximum Gasteiger partial charge on any atom is 0.410 e. The molecule has 0 N–H and O–H groups in total. The second-order valence-electron chi connectivity index (χ2n) is 8.99. The molecule has 0 bridgehead atoms. The van der Waals surface area contributed by atoms with E-state index in [9.17, 15) is 4.79 Å². The number of rotatable bonds is 4. The molecule has 0 unspecified atom stereocenters. The van der Waals surface area contributed by atoms with E-state index in [-0.39, 0.29) is 23.7 Å². The van der Waals surface area contributed by atoms with Gasteiger partial charge in [0.1, 0.15) is 5.60 Å². The van der Waals surface area contributed by atoms with Gasteiger partial charge in [-0.1, -0.05) is 17.3 Å². The zero-order valence-electron chi connectivity index (χ0n) is 17.7. The zero-order valence-corrected chi connectivity index (χ0v) is 17.7. The van der Waals surface area contributed by atoms with Crippen LogP contribution in [0, 0.1) is 0 Å². The first kappa shape index (κ1) is 19.1. The number of aromatic nitrogens is 4. The minimum Gasteiger partial charge on any atom is -0.443 e. The van der Waals surface area contributed by atoms with E-state index >= 15 is 0 Å². The summed E-state index contributed by atoms with van der Waals surface area (Å²) in [7, 11) is 0. The van der Waals surface area contributed by atoms with E-state index < -0.39 is 0 Å². The minimum atomic E-state index is -0.235. The Morgan fingerprint density at radius 3 is 2.73 bits per heavy atom. The van der Waals surface area contributed by atoms with Gasteiger partial charge in [-0.05, 0) is 52.5 Å². The first-order valence-electron chi connectivity index (χ1n) is 10.7. The first-order valence-corrected chi connectivity index (χ1v) is 10.7. The molecule has 1 saturated carbocycles. The monoisotopic (exact) mass is 409 g/mol. The van der Waals surface area contributed by atoms with Crippen LogP contribution in [0.3, 0.4) is 0 Å². The van der Waals surface area contributed by atoms with Crippen molar-refractivity contribution in [2.45, 2.75) is 64.0 Å². The molecule has 0 radical (unpaired) electrons. The molecule has 1 aliphatic carbocycles. The van der Waals surface area contributed by atoms with Crippen molar-refractivity contribution < 1.29 is 14.1 Å². The number of benzene rings is 1. The van der Waals surface area contributed by atoms with Gasteiger partial charge in [0, 0.05) is 36.0 Å². The molecule has 1 aromatic carbocycles.